The SMILES string of the molecule is CC1CCC(CN)(C(O)c2ccc3ccccc3n2)CC1. The average molecular weight is 284 g/mol. The monoisotopic (exact) mass is 284 g/mol. The molecule has 0 radical (unpaired) electrons. The molecule has 112 valence electrons. The summed E-state index contributed by atoms with van der Waals surface area (Å²) in [6.07, 6.45) is 3.68. The normalized spacial score (nSPS) is 27.7. The van der Waals surface area contributed by atoms with Crippen molar-refractivity contribution in [2.45, 2.75) is 38.7 Å². The lowest BCUT2D eigenvalue weighted by Gasteiger charge is -2.41. The maximum Gasteiger partial charge on any atom is 0.103 e. The molecular weight excluding hydrogens is 260 g/mol. The first-order chi connectivity index (χ1) is 10.1. The molecule has 3 rings (SSSR count). The van der Waals surface area contributed by atoms with Crippen LogP contribution in [0, 0.1) is 11.3 Å². The third kappa shape index (κ3) is 2.68. The first kappa shape index (κ1) is 14.5. The van der Waals surface area contributed by atoms with E-state index in [4.69, 9.17) is 5.73 Å². The second kappa shape index (κ2) is 5.74. The molecule has 3 nitrogen and oxygen atoms in total. The van der Waals surface area contributed by atoms with Gasteiger partial charge in [-0.05, 0) is 30.9 Å². The smallest absolute Gasteiger partial charge is 0.103 e. The van der Waals surface area contributed by atoms with Gasteiger partial charge in [0.05, 0.1) is 11.2 Å². The van der Waals surface area contributed by atoms with Gasteiger partial charge in [0, 0.05) is 17.3 Å². The molecule has 1 atom stereocenters. The zero-order valence-corrected chi connectivity index (χ0v) is 12.6. The molecule has 1 aromatic heterocycles. The van der Waals surface area contributed by atoms with Crippen LogP contribution in [0.5, 0.6) is 0 Å². The maximum atomic E-state index is 10.9. The van der Waals surface area contributed by atoms with Crippen LogP contribution in [0.1, 0.15) is 44.4 Å². The van der Waals surface area contributed by atoms with Crippen LogP contribution in [0.15, 0.2) is 36.4 Å². The van der Waals surface area contributed by atoms with Crippen molar-refractivity contribution in [3.05, 3.63) is 42.1 Å². The number of hydrogen-bond donors (Lipinski definition) is 2. The van der Waals surface area contributed by atoms with Crippen molar-refractivity contribution in [2.24, 2.45) is 17.1 Å². The molecule has 1 unspecified atom stereocenters. The quantitative estimate of drug-likeness (QED) is 0.908. The van der Waals surface area contributed by atoms with Crippen molar-refractivity contribution in [3.63, 3.8) is 0 Å². The highest BCUT2D eigenvalue weighted by molar-refractivity contribution is 5.78. The number of para-hydroxylation sites is 1. The van der Waals surface area contributed by atoms with Gasteiger partial charge in [-0.25, -0.2) is 0 Å². The number of aliphatic hydroxyl groups excluding tert-OH is 1. The molecule has 1 aliphatic rings. The number of aliphatic hydroxyl groups is 1. The van der Waals surface area contributed by atoms with Gasteiger partial charge < -0.3 is 10.8 Å². The number of benzene rings is 1. The number of fused-ring (bicyclic) bond motifs is 1. The Hall–Kier alpha value is -1.45. The van der Waals surface area contributed by atoms with E-state index in [9.17, 15) is 5.11 Å². The summed E-state index contributed by atoms with van der Waals surface area (Å²) in [5, 5.41) is 12.0. The standard InChI is InChI=1S/C18H24N2O/c1-13-8-10-18(12-19,11-9-13)17(21)16-7-6-14-4-2-3-5-15(14)20-16/h2-7,13,17,21H,8-12,19H2,1H3. The van der Waals surface area contributed by atoms with Crippen LogP contribution >= 0.6 is 0 Å². The molecule has 0 saturated heterocycles. The zero-order chi connectivity index (χ0) is 14.9. The van der Waals surface area contributed by atoms with E-state index in [2.05, 4.69) is 11.9 Å². The van der Waals surface area contributed by atoms with Crippen molar-refractivity contribution >= 4 is 10.9 Å². The van der Waals surface area contributed by atoms with Crippen molar-refractivity contribution in [1.29, 1.82) is 0 Å². The summed E-state index contributed by atoms with van der Waals surface area (Å²) >= 11 is 0. The molecule has 3 heteroatoms. The van der Waals surface area contributed by atoms with E-state index in [1.165, 1.54) is 0 Å². The Bertz CT molecular complexity index is 617. The first-order valence-electron chi connectivity index (χ1n) is 7.88. The second-order valence-electron chi connectivity index (χ2n) is 6.58. The van der Waals surface area contributed by atoms with E-state index in [0.717, 1.165) is 48.2 Å². The molecule has 1 heterocycles. The number of rotatable bonds is 3. The molecule has 0 aliphatic heterocycles. The minimum absolute atomic E-state index is 0.206. The zero-order valence-electron chi connectivity index (χ0n) is 12.6. The van der Waals surface area contributed by atoms with Gasteiger partial charge in [-0.2, -0.15) is 0 Å². The van der Waals surface area contributed by atoms with E-state index in [-0.39, 0.29) is 5.41 Å². The summed E-state index contributed by atoms with van der Waals surface area (Å²) in [4.78, 5) is 4.66. The highest BCUT2D eigenvalue weighted by Crippen LogP contribution is 2.46. The van der Waals surface area contributed by atoms with Crippen molar-refractivity contribution < 1.29 is 5.11 Å². The Morgan fingerprint density at radius 3 is 2.67 bits per heavy atom. The number of hydrogen-bond acceptors (Lipinski definition) is 3. The summed E-state index contributed by atoms with van der Waals surface area (Å²) in [6, 6.07) is 12.0. The van der Waals surface area contributed by atoms with Gasteiger partial charge in [-0.1, -0.05) is 44.0 Å². The van der Waals surface area contributed by atoms with E-state index in [0.29, 0.717) is 6.54 Å². The summed E-state index contributed by atoms with van der Waals surface area (Å²) < 4.78 is 0. The van der Waals surface area contributed by atoms with Gasteiger partial charge in [-0.3, -0.25) is 4.98 Å². The molecule has 21 heavy (non-hydrogen) atoms. The lowest BCUT2D eigenvalue weighted by molar-refractivity contribution is -0.0106. The summed E-state index contributed by atoms with van der Waals surface area (Å²) in [5.74, 6) is 0.737. The predicted molar refractivity (Wildman–Crippen MR) is 85.8 cm³/mol. The molecule has 1 aliphatic carbocycles. The fourth-order valence-corrected chi connectivity index (χ4v) is 3.47. The van der Waals surface area contributed by atoms with E-state index >= 15 is 0 Å². The molecular formula is C18H24N2O. The fourth-order valence-electron chi connectivity index (χ4n) is 3.47. The molecule has 1 fully saturated rings. The third-order valence-corrected chi connectivity index (χ3v) is 5.16. The predicted octanol–water partition coefficient (Wildman–Crippen LogP) is 3.42. The minimum atomic E-state index is -0.570. The van der Waals surface area contributed by atoms with Crippen LogP contribution < -0.4 is 5.73 Å². The Morgan fingerprint density at radius 1 is 1.24 bits per heavy atom. The lowest BCUT2D eigenvalue weighted by atomic mass is 9.67. The van der Waals surface area contributed by atoms with Gasteiger partial charge in [0.25, 0.3) is 0 Å². The summed E-state index contributed by atoms with van der Waals surface area (Å²) in [6.45, 7) is 2.80. The van der Waals surface area contributed by atoms with E-state index in [1.807, 2.05) is 36.4 Å². The molecule has 1 saturated carbocycles. The minimum Gasteiger partial charge on any atom is -0.386 e. The van der Waals surface area contributed by atoms with Crippen LogP contribution in [0.3, 0.4) is 0 Å². The van der Waals surface area contributed by atoms with E-state index in [1.54, 1.807) is 0 Å². The summed E-state index contributed by atoms with van der Waals surface area (Å²) in [5.41, 5.74) is 7.53. The van der Waals surface area contributed by atoms with Gasteiger partial charge in [0.15, 0.2) is 0 Å². The van der Waals surface area contributed by atoms with Crippen molar-refractivity contribution in [1.82, 2.24) is 4.98 Å². The molecule has 2 aromatic rings. The lowest BCUT2D eigenvalue weighted by Crippen LogP contribution is -2.40. The molecule has 3 N–H and O–H groups in total. The number of nitrogens with zero attached hydrogens (tertiary/aromatic N) is 1. The molecule has 0 amide bonds. The number of pyridine rings is 1. The van der Waals surface area contributed by atoms with Crippen LogP contribution in [0.4, 0.5) is 0 Å². The molecule has 0 bridgehead atoms. The van der Waals surface area contributed by atoms with Crippen LogP contribution in [-0.4, -0.2) is 16.6 Å². The Balaban J connectivity index is 1.92. The summed E-state index contributed by atoms with van der Waals surface area (Å²) in [7, 11) is 0. The largest absolute Gasteiger partial charge is 0.386 e. The molecule has 0 spiro atoms. The maximum absolute atomic E-state index is 10.9. The Labute approximate surface area is 126 Å². The third-order valence-electron chi connectivity index (χ3n) is 5.16. The second-order valence-corrected chi connectivity index (χ2v) is 6.58. The van der Waals surface area contributed by atoms with Crippen LogP contribution in [-0.2, 0) is 0 Å². The number of nitrogens with two attached hydrogens (primary N) is 1. The Kier molecular flexibility index (Phi) is 3.96. The van der Waals surface area contributed by atoms with Crippen molar-refractivity contribution in [3.8, 4) is 0 Å². The van der Waals surface area contributed by atoms with Gasteiger partial charge >= 0.3 is 0 Å². The van der Waals surface area contributed by atoms with Gasteiger partial charge in [0.2, 0.25) is 0 Å². The number of aromatic nitrogens is 1. The highest BCUT2D eigenvalue weighted by atomic mass is 16.3. The van der Waals surface area contributed by atoms with Crippen LogP contribution in [0.2, 0.25) is 0 Å². The first-order valence-corrected chi connectivity index (χ1v) is 7.88. The van der Waals surface area contributed by atoms with Gasteiger partial charge in [-0.15, -0.1) is 0 Å². The topological polar surface area (TPSA) is 59.1 Å². The van der Waals surface area contributed by atoms with Gasteiger partial charge in [0.1, 0.15) is 6.10 Å². The highest BCUT2D eigenvalue weighted by Gasteiger charge is 2.40. The van der Waals surface area contributed by atoms with Crippen LogP contribution in [0.25, 0.3) is 10.9 Å². The molecule has 1 aromatic carbocycles. The average Bonchev–Trinajstić information content (AvgIpc) is 2.55. The fraction of sp³-hybridized carbons (Fsp3) is 0.500. The Morgan fingerprint density at radius 2 is 1.95 bits per heavy atom. The van der Waals surface area contributed by atoms with Crippen molar-refractivity contribution in [2.75, 3.05) is 6.54 Å². The van der Waals surface area contributed by atoms with E-state index < -0.39 is 6.10 Å².